The summed E-state index contributed by atoms with van der Waals surface area (Å²) in [4.78, 5) is 28.8. The maximum absolute atomic E-state index is 13.3. The molecule has 0 aliphatic rings. The smallest absolute Gasteiger partial charge is 0.416 e. The Balaban J connectivity index is 2.10. The van der Waals surface area contributed by atoms with Crippen LogP contribution in [0.3, 0.4) is 0 Å². The Bertz CT molecular complexity index is 1310. The molecule has 0 N–H and O–H groups in total. The third-order valence-electron chi connectivity index (χ3n) is 5.04. The number of hydrogen-bond donors (Lipinski definition) is 0. The van der Waals surface area contributed by atoms with Crippen molar-refractivity contribution in [1.29, 1.82) is 0 Å². The number of carbonyl (C=O) groups excluding carboxylic acids is 2. The van der Waals surface area contributed by atoms with Crippen molar-refractivity contribution >= 4 is 33.4 Å². The van der Waals surface area contributed by atoms with Crippen molar-refractivity contribution in [2.24, 2.45) is 4.99 Å². The topological polar surface area (TPSA) is 96.8 Å². The minimum absolute atomic E-state index is 0.00335. The normalized spacial score (nSPS) is 13.1. The predicted molar refractivity (Wildman–Crippen MR) is 123 cm³/mol. The number of unbranched alkanes of at least 4 members (excludes halogenated alkanes) is 1. The van der Waals surface area contributed by atoms with Crippen LogP contribution in [0, 0.1) is 0 Å². The number of benzene rings is 1. The highest BCUT2D eigenvalue weighted by Crippen LogP contribution is 2.33. The summed E-state index contributed by atoms with van der Waals surface area (Å²) in [6.45, 7) is 4.85. The number of nitrogens with zero attached hydrogens (tertiary/aromatic N) is 3. The van der Waals surface area contributed by atoms with Crippen LogP contribution in [0.4, 0.5) is 13.2 Å². The minimum Gasteiger partial charge on any atom is -0.850 e. The maximum atomic E-state index is 13.3. The number of hydrogen-bond acceptors (Lipinski definition) is 6. The molecule has 1 amide bonds. The van der Waals surface area contributed by atoms with E-state index in [1.54, 1.807) is 27.6 Å². The van der Waals surface area contributed by atoms with Gasteiger partial charge in [0.15, 0.2) is 17.2 Å². The predicted octanol–water partition coefficient (Wildman–Crippen LogP) is 3.20. The van der Waals surface area contributed by atoms with Crippen LogP contribution in [0.1, 0.15) is 49.5 Å². The lowest BCUT2D eigenvalue weighted by atomic mass is 10.1. The van der Waals surface area contributed by atoms with E-state index in [0.717, 1.165) is 35.2 Å². The van der Waals surface area contributed by atoms with Gasteiger partial charge in [-0.05, 0) is 24.6 Å². The fourth-order valence-corrected chi connectivity index (χ4v) is 4.29. The van der Waals surface area contributed by atoms with Gasteiger partial charge in [-0.15, -0.1) is 0 Å². The van der Waals surface area contributed by atoms with Crippen molar-refractivity contribution in [2.45, 2.75) is 59.2 Å². The molecule has 1 atom stereocenters. The summed E-state index contributed by atoms with van der Waals surface area (Å²) in [5.41, 5.74) is -0.671. The van der Waals surface area contributed by atoms with Crippen molar-refractivity contribution in [3.05, 3.63) is 52.6 Å². The molecule has 12 heteroatoms. The van der Waals surface area contributed by atoms with Gasteiger partial charge >= 0.3 is 12.1 Å². The lowest BCUT2D eigenvalue weighted by Crippen LogP contribution is -2.35. The van der Waals surface area contributed by atoms with E-state index >= 15 is 0 Å². The number of aryl methyl sites for hydroxylation is 1. The van der Waals surface area contributed by atoms with E-state index in [0.29, 0.717) is 17.4 Å². The number of alkyl halides is 3. The molecule has 0 fully saturated rings. The molecule has 8 nitrogen and oxygen atoms in total. The number of rotatable bonds is 9. The van der Waals surface area contributed by atoms with Gasteiger partial charge < -0.3 is 19.1 Å². The van der Waals surface area contributed by atoms with Crippen LogP contribution in [0.25, 0.3) is 10.2 Å². The Morgan fingerprint density at radius 2 is 2.03 bits per heavy atom. The van der Waals surface area contributed by atoms with Crippen molar-refractivity contribution in [1.82, 2.24) is 4.57 Å². The average Bonchev–Trinajstić information content (AvgIpc) is 3.15. The van der Waals surface area contributed by atoms with E-state index in [1.807, 2.05) is 6.92 Å². The molecular weight excluding hydrogens is 499 g/mol. The SMILES string of the molecule is CCCCn1c(=NC(=O)c2cc(C(F)(F)F)ccc2OC[C@H](C)[O-])sc2cc[n+](COC(C)=O)cc21. The van der Waals surface area contributed by atoms with Gasteiger partial charge in [0.25, 0.3) is 12.6 Å². The highest BCUT2D eigenvalue weighted by Gasteiger charge is 2.32. The summed E-state index contributed by atoms with van der Waals surface area (Å²) >= 11 is 1.21. The van der Waals surface area contributed by atoms with Crippen LogP contribution in [-0.4, -0.2) is 29.2 Å². The Morgan fingerprint density at radius 3 is 2.67 bits per heavy atom. The Kier molecular flexibility index (Phi) is 8.85. The lowest BCUT2D eigenvalue weighted by molar-refractivity contribution is -0.726. The molecule has 2 heterocycles. The van der Waals surface area contributed by atoms with Gasteiger partial charge in [0.05, 0.1) is 22.4 Å². The average molecular weight is 526 g/mol. The molecule has 1 aromatic carbocycles. The van der Waals surface area contributed by atoms with Crippen LogP contribution < -0.4 is 19.2 Å². The molecule has 0 aliphatic heterocycles. The summed E-state index contributed by atoms with van der Waals surface area (Å²) in [6.07, 6.45) is -0.719. The molecule has 0 aliphatic carbocycles. The first-order valence-corrected chi connectivity index (χ1v) is 12.1. The van der Waals surface area contributed by atoms with E-state index in [1.165, 1.54) is 25.2 Å². The van der Waals surface area contributed by atoms with Crippen molar-refractivity contribution in [3.8, 4) is 5.75 Å². The molecule has 3 rings (SSSR count). The molecule has 194 valence electrons. The van der Waals surface area contributed by atoms with E-state index in [4.69, 9.17) is 9.47 Å². The molecule has 0 saturated carbocycles. The van der Waals surface area contributed by atoms with Gasteiger partial charge in [0.2, 0.25) is 0 Å². The monoisotopic (exact) mass is 525 g/mol. The maximum Gasteiger partial charge on any atom is 0.416 e. The number of aromatic nitrogens is 2. The quantitative estimate of drug-likeness (QED) is 0.316. The van der Waals surface area contributed by atoms with E-state index < -0.39 is 29.7 Å². The third kappa shape index (κ3) is 6.91. The summed E-state index contributed by atoms with van der Waals surface area (Å²) in [5, 5.41) is 11.4. The third-order valence-corrected chi connectivity index (χ3v) is 6.10. The Labute approximate surface area is 209 Å². The van der Waals surface area contributed by atoms with Crippen molar-refractivity contribution < 1.29 is 41.9 Å². The van der Waals surface area contributed by atoms with Gasteiger partial charge in [-0.1, -0.05) is 37.7 Å². The zero-order chi connectivity index (χ0) is 26.5. The number of carbonyl (C=O) groups is 2. The molecule has 36 heavy (non-hydrogen) atoms. The van der Waals surface area contributed by atoms with Crippen LogP contribution >= 0.6 is 11.3 Å². The van der Waals surface area contributed by atoms with Crippen LogP contribution in [0.5, 0.6) is 5.75 Å². The van der Waals surface area contributed by atoms with Gasteiger partial charge in [-0.25, -0.2) is 0 Å². The molecule has 0 bridgehead atoms. The zero-order valence-corrected chi connectivity index (χ0v) is 20.8. The summed E-state index contributed by atoms with van der Waals surface area (Å²) < 4.78 is 54.6. The second-order valence-corrected chi connectivity index (χ2v) is 9.12. The van der Waals surface area contributed by atoms with Gasteiger partial charge in [-0.2, -0.15) is 22.7 Å². The lowest BCUT2D eigenvalue weighted by Gasteiger charge is -2.18. The fourth-order valence-electron chi connectivity index (χ4n) is 3.27. The number of halogens is 3. The van der Waals surface area contributed by atoms with Crippen molar-refractivity contribution in [3.63, 3.8) is 0 Å². The molecule has 0 saturated heterocycles. The number of esters is 1. The Morgan fingerprint density at radius 1 is 1.28 bits per heavy atom. The van der Waals surface area contributed by atoms with E-state index in [9.17, 15) is 27.9 Å². The van der Waals surface area contributed by atoms with Gasteiger partial charge in [0.1, 0.15) is 11.3 Å². The number of amides is 1. The van der Waals surface area contributed by atoms with Crippen molar-refractivity contribution in [2.75, 3.05) is 6.61 Å². The second-order valence-electron chi connectivity index (χ2n) is 8.11. The largest absolute Gasteiger partial charge is 0.850 e. The first-order chi connectivity index (χ1) is 17.0. The fraction of sp³-hybridized carbons (Fsp3) is 0.417. The van der Waals surface area contributed by atoms with E-state index in [2.05, 4.69) is 4.99 Å². The first-order valence-electron chi connectivity index (χ1n) is 11.2. The first kappa shape index (κ1) is 27.3. The van der Waals surface area contributed by atoms with Crippen LogP contribution in [-0.2, 0) is 29.0 Å². The highest BCUT2D eigenvalue weighted by molar-refractivity contribution is 7.16. The molecule has 0 radical (unpaired) electrons. The highest BCUT2D eigenvalue weighted by atomic mass is 32.1. The number of ether oxygens (including phenoxy) is 2. The van der Waals surface area contributed by atoms with Gasteiger partial charge in [-0.3, -0.25) is 9.59 Å². The summed E-state index contributed by atoms with van der Waals surface area (Å²) in [6, 6.07) is 4.30. The van der Waals surface area contributed by atoms with Gasteiger partial charge in [0, 0.05) is 19.5 Å². The van der Waals surface area contributed by atoms with Crippen LogP contribution in [0.2, 0.25) is 0 Å². The standard InChI is InChI=1S/C24H26F3N3O5S/c1-4-5-9-30-19-12-29(14-35-16(3)32)10-8-21(19)36-23(30)28-22(33)18-11-17(24(25,26)27)6-7-20(18)34-13-15(2)31/h6-8,10-12,15H,4-5,9,13-14H2,1-3H3/t15-/m0/s1. The van der Waals surface area contributed by atoms with Crippen LogP contribution in [0.15, 0.2) is 41.7 Å². The Hall–Kier alpha value is -3.25. The number of pyridine rings is 1. The summed E-state index contributed by atoms with van der Waals surface area (Å²) in [5.74, 6) is -1.49. The molecule has 2 aromatic heterocycles. The molecular formula is C24H26F3N3O5S. The molecule has 0 spiro atoms. The molecule has 0 unspecified atom stereocenters. The number of thiazole rings is 1. The second kappa shape index (κ2) is 11.7. The van der Waals surface area contributed by atoms with E-state index in [-0.39, 0.29) is 24.7 Å². The molecule has 3 aromatic rings. The number of fused-ring (bicyclic) bond motifs is 1. The zero-order valence-electron chi connectivity index (χ0n) is 20.0. The summed E-state index contributed by atoms with van der Waals surface area (Å²) in [7, 11) is 0. The minimum atomic E-state index is -4.67.